The van der Waals surface area contributed by atoms with Crippen LogP contribution in [0.5, 0.6) is 5.75 Å². The Morgan fingerprint density at radius 3 is 3.00 bits per heavy atom. The minimum atomic E-state index is 0.303. The van der Waals surface area contributed by atoms with Crippen molar-refractivity contribution in [3.8, 4) is 17.0 Å². The Balaban J connectivity index is 1.47. The van der Waals surface area contributed by atoms with Crippen molar-refractivity contribution in [1.82, 2.24) is 15.0 Å². The van der Waals surface area contributed by atoms with Crippen molar-refractivity contribution >= 4 is 28.4 Å². The molecule has 0 spiro atoms. The molecule has 0 fully saturated rings. The van der Waals surface area contributed by atoms with Crippen LogP contribution in [-0.2, 0) is 6.42 Å². The molecule has 2 aromatic heterocycles. The minimum absolute atomic E-state index is 0.303. The van der Waals surface area contributed by atoms with Gasteiger partial charge in [-0.05, 0) is 36.2 Å². The third-order valence-corrected chi connectivity index (χ3v) is 4.70. The number of nitrogens with zero attached hydrogens (tertiary/aromatic N) is 2. The van der Waals surface area contributed by atoms with E-state index in [1.165, 1.54) is 0 Å². The van der Waals surface area contributed by atoms with Crippen molar-refractivity contribution in [3.05, 3.63) is 66.5 Å². The SMILES string of the molecule is N=C1CCc2ccc(Nc3nccc(-c4cccc5[nH]ccc45)n3)cc2O1. The van der Waals surface area contributed by atoms with E-state index in [-0.39, 0.29) is 0 Å². The summed E-state index contributed by atoms with van der Waals surface area (Å²) in [5.74, 6) is 1.55. The number of ether oxygens (including phenoxy) is 1. The molecule has 1 aliphatic rings. The highest BCUT2D eigenvalue weighted by Crippen LogP contribution is 2.30. The Kier molecular flexibility index (Phi) is 3.60. The van der Waals surface area contributed by atoms with Crippen LogP contribution in [0.3, 0.4) is 0 Å². The maximum atomic E-state index is 7.72. The molecule has 0 unspecified atom stereocenters. The Morgan fingerprint density at radius 1 is 1.07 bits per heavy atom. The average molecular weight is 355 g/mol. The van der Waals surface area contributed by atoms with Crippen molar-refractivity contribution in [2.45, 2.75) is 12.8 Å². The van der Waals surface area contributed by atoms with Crippen molar-refractivity contribution < 1.29 is 4.74 Å². The Morgan fingerprint density at radius 2 is 2.04 bits per heavy atom. The first-order chi connectivity index (χ1) is 13.3. The molecule has 0 amide bonds. The van der Waals surface area contributed by atoms with Gasteiger partial charge in [0.25, 0.3) is 0 Å². The molecule has 27 heavy (non-hydrogen) atoms. The maximum absolute atomic E-state index is 7.72. The zero-order chi connectivity index (χ0) is 18.2. The van der Waals surface area contributed by atoms with Gasteiger partial charge in [0.2, 0.25) is 5.95 Å². The van der Waals surface area contributed by atoms with Gasteiger partial charge >= 0.3 is 0 Å². The summed E-state index contributed by atoms with van der Waals surface area (Å²) in [6.07, 6.45) is 5.16. The van der Waals surface area contributed by atoms with Crippen LogP contribution in [0.1, 0.15) is 12.0 Å². The number of aryl methyl sites for hydroxylation is 1. The Hall–Kier alpha value is -3.67. The Bertz CT molecular complexity index is 1160. The summed E-state index contributed by atoms with van der Waals surface area (Å²) in [6.45, 7) is 0. The van der Waals surface area contributed by atoms with E-state index < -0.39 is 0 Å². The van der Waals surface area contributed by atoms with E-state index in [2.05, 4.69) is 32.4 Å². The van der Waals surface area contributed by atoms with Crippen molar-refractivity contribution in [3.63, 3.8) is 0 Å². The number of aromatic amines is 1. The van der Waals surface area contributed by atoms with E-state index in [9.17, 15) is 0 Å². The fourth-order valence-corrected chi connectivity index (χ4v) is 3.37. The van der Waals surface area contributed by atoms with Crippen LogP contribution < -0.4 is 10.1 Å². The van der Waals surface area contributed by atoms with Gasteiger partial charge < -0.3 is 15.0 Å². The number of benzene rings is 2. The van der Waals surface area contributed by atoms with Crippen molar-refractivity contribution in [2.24, 2.45) is 0 Å². The highest BCUT2D eigenvalue weighted by atomic mass is 16.5. The molecule has 6 heteroatoms. The zero-order valence-electron chi connectivity index (χ0n) is 14.5. The topological polar surface area (TPSA) is 86.7 Å². The van der Waals surface area contributed by atoms with Gasteiger partial charge in [0, 0.05) is 47.0 Å². The monoisotopic (exact) mass is 355 g/mol. The van der Waals surface area contributed by atoms with Crippen molar-refractivity contribution in [2.75, 3.05) is 5.32 Å². The number of fused-ring (bicyclic) bond motifs is 2. The molecule has 5 rings (SSSR count). The number of H-pyrrole nitrogens is 1. The maximum Gasteiger partial charge on any atom is 0.227 e. The lowest BCUT2D eigenvalue weighted by Crippen LogP contribution is -2.15. The lowest BCUT2D eigenvalue weighted by Gasteiger charge is -2.18. The molecule has 2 aromatic carbocycles. The zero-order valence-corrected chi connectivity index (χ0v) is 14.5. The van der Waals surface area contributed by atoms with Gasteiger partial charge in [0.1, 0.15) is 5.75 Å². The van der Waals surface area contributed by atoms with Crippen LogP contribution in [0, 0.1) is 5.41 Å². The third-order valence-electron chi connectivity index (χ3n) is 4.70. The van der Waals surface area contributed by atoms with Crippen molar-refractivity contribution in [1.29, 1.82) is 5.41 Å². The van der Waals surface area contributed by atoms with Gasteiger partial charge in [0.05, 0.1) is 5.69 Å². The van der Waals surface area contributed by atoms with E-state index in [0.29, 0.717) is 18.3 Å². The summed E-state index contributed by atoms with van der Waals surface area (Å²) in [4.78, 5) is 12.2. The minimum Gasteiger partial charge on any atom is -0.443 e. The lowest BCUT2D eigenvalue weighted by atomic mass is 10.1. The fourth-order valence-electron chi connectivity index (χ4n) is 3.37. The summed E-state index contributed by atoms with van der Waals surface area (Å²) in [6, 6.07) is 16.0. The van der Waals surface area contributed by atoms with Gasteiger partial charge in [-0.2, -0.15) is 0 Å². The smallest absolute Gasteiger partial charge is 0.227 e. The van der Waals surface area contributed by atoms with Crippen LogP contribution in [-0.4, -0.2) is 20.8 Å². The van der Waals surface area contributed by atoms with E-state index in [0.717, 1.165) is 45.6 Å². The predicted molar refractivity (Wildman–Crippen MR) is 106 cm³/mol. The van der Waals surface area contributed by atoms with Gasteiger partial charge in [-0.15, -0.1) is 0 Å². The van der Waals surface area contributed by atoms with Crippen LogP contribution in [0.2, 0.25) is 0 Å². The molecule has 0 saturated carbocycles. The van der Waals surface area contributed by atoms with E-state index in [1.54, 1.807) is 6.20 Å². The van der Waals surface area contributed by atoms with Crippen LogP contribution in [0.15, 0.2) is 60.9 Å². The molecule has 6 nitrogen and oxygen atoms in total. The quantitative estimate of drug-likeness (QED) is 0.498. The molecule has 4 aromatic rings. The fraction of sp³-hybridized carbons (Fsp3) is 0.0952. The molecule has 0 radical (unpaired) electrons. The molecule has 0 atom stereocenters. The number of hydrogen-bond acceptors (Lipinski definition) is 5. The molecule has 0 saturated heterocycles. The molecule has 0 aliphatic carbocycles. The number of nitrogens with one attached hydrogen (secondary N) is 3. The van der Waals surface area contributed by atoms with Gasteiger partial charge in [0.15, 0.2) is 5.90 Å². The van der Waals surface area contributed by atoms with Crippen LogP contribution >= 0.6 is 0 Å². The summed E-state index contributed by atoms with van der Waals surface area (Å²) in [5.41, 5.74) is 4.94. The summed E-state index contributed by atoms with van der Waals surface area (Å²) < 4.78 is 5.54. The first-order valence-corrected chi connectivity index (χ1v) is 8.81. The predicted octanol–water partition coefficient (Wildman–Crippen LogP) is 4.67. The van der Waals surface area contributed by atoms with Gasteiger partial charge in [-0.3, -0.25) is 5.41 Å². The molecule has 3 heterocycles. The van der Waals surface area contributed by atoms with Gasteiger partial charge in [-0.25, -0.2) is 9.97 Å². The largest absolute Gasteiger partial charge is 0.443 e. The van der Waals surface area contributed by atoms with E-state index >= 15 is 0 Å². The van der Waals surface area contributed by atoms with E-state index in [1.807, 2.05) is 42.6 Å². The molecule has 0 bridgehead atoms. The second-order valence-corrected chi connectivity index (χ2v) is 6.48. The number of aromatic nitrogens is 3. The van der Waals surface area contributed by atoms with E-state index in [4.69, 9.17) is 10.1 Å². The molecule has 3 N–H and O–H groups in total. The average Bonchev–Trinajstić information content (AvgIpc) is 3.17. The first kappa shape index (κ1) is 15.6. The summed E-state index contributed by atoms with van der Waals surface area (Å²) in [5, 5.41) is 12.1. The highest BCUT2D eigenvalue weighted by Gasteiger charge is 2.15. The second-order valence-electron chi connectivity index (χ2n) is 6.48. The lowest BCUT2D eigenvalue weighted by molar-refractivity contribution is 0.499. The summed E-state index contributed by atoms with van der Waals surface area (Å²) >= 11 is 0. The highest BCUT2D eigenvalue weighted by molar-refractivity contribution is 5.94. The number of rotatable bonds is 3. The number of anilines is 2. The molecule has 132 valence electrons. The standard InChI is InChI=1S/C21H17N5O/c22-20-7-5-13-4-6-14(12-19(13)27-20)25-21-24-11-9-18(26-21)15-2-1-3-17-16(15)8-10-23-17/h1-4,6,8-12,22-23H,5,7H2,(H,24,25,26). The van der Waals surface area contributed by atoms with Crippen LogP contribution in [0.4, 0.5) is 11.6 Å². The summed E-state index contributed by atoms with van der Waals surface area (Å²) in [7, 11) is 0. The first-order valence-electron chi connectivity index (χ1n) is 8.81. The van der Waals surface area contributed by atoms with Gasteiger partial charge in [-0.1, -0.05) is 18.2 Å². The second kappa shape index (κ2) is 6.25. The third kappa shape index (κ3) is 2.91. The normalized spacial score (nSPS) is 13.3. The molecule has 1 aliphatic heterocycles. The molecular weight excluding hydrogens is 338 g/mol. The van der Waals surface area contributed by atoms with Crippen LogP contribution in [0.25, 0.3) is 22.2 Å². The molecular formula is C21H17N5O. The number of hydrogen-bond donors (Lipinski definition) is 3. The Labute approximate surface area is 155 Å².